The van der Waals surface area contributed by atoms with Crippen molar-refractivity contribution in [2.45, 2.75) is 45.8 Å². The van der Waals surface area contributed by atoms with Gasteiger partial charge in [-0.05, 0) is 75.8 Å². The van der Waals surface area contributed by atoms with Crippen molar-refractivity contribution in [3.05, 3.63) is 82.4 Å². The van der Waals surface area contributed by atoms with Crippen molar-refractivity contribution < 1.29 is 0 Å². The van der Waals surface area contributed by atoms with E-state index in [1.54, 1.807) is 0 Å². The Bertz CT molecular complexity index is 1040. The van der Waals surface area contributed by atoms with E-state index in [1.165, 1.54) is 11.3 Å². The number of halogens is 1. The molecule has 1 saturated heterocycles. The fourth-order valence-corrected chi connectivity index (χ4v) is 5.02. The third-order valence-corrected chi connectivity index (χ3v) is 6.22. The second-order valence-corrected chi connectivity index (χ2v) is 8.53. The van der Waals surface area contributed by atoms with Crippen LogP contribution in [0.2, 0.25) is 5.02 Å². The predicted octanol–water partition coefficient (Wildman–Crippen LogP) is 5.52. The summed E-state index contributed by atoms with van der Waals surface area (Å²) in [5.41, 5.74) is 5.53. The summed E-state index contributed by atoms with van der Waals surface area (Å²) < 4.78 is 2.23. The first kappa shape index (κ1) is 19.9. The number of para-hydroxylation sites is 1. The molecular weight excluding hydrogens is 400 g/mol. The number of nitrogens with one attached hydrogen (secondary N) is 1. The molecule has 0 radical (unpaired) electrons. The summed E-state index contributed by atoms with van der Waals surface area (Å²) in [6, 6.07) is 16.5. The van der Waals surface area contributed by atoms with Gasteiger partial charge in [0.25, 0.3) is 0 Å². The molecule has 1 aliphatic heterocycles. The van der Waals surface area contributed by atoms with E-state index in [1.807, 2.05) is 36.5 Å². The van der Waals surface area contributed by atoms with E-state index in [0.29, 0.717) is 0 Å². The molecule has 150 valence electrons. The minimum absolute atomic E-state index is 0.00806. The molecule has 0 amide bonds. The molecule has 4 nitrogen and oxygen atoms in total. The summed E-state index contributed by atoms with van der Waals surface area (Å²) in [7, 11) is 0. The number of aryl methyl sites for hydroxylation is 1. The van der Waals surface area contributed by atoms with E-state index in [9.17, 15) is 0 Å². The van der Waals surface area contributed by atoms with Crippen molar-refractivity contribution >= 4 is 28.9 Å². The van der Waals surface area contributed by atoms with Crippen LogP contribution in [0.25, 0.3) is 5.69 Å². The molecule has 1 aromatic carbocycles. The zero-order chi connectivity index (χ0) is 20.7. The van der Waals surface area contributed by atoms with Gasteiger partial charge in [-0.2, -0.15) is 0 Å². The Morgan fingerprint density at radius 3 is 2.48 bits per heavy atom. The van der Waals surface area contributed by atoms with E-state index < -0.39 is 0 Å². The summed E-state index contributed by atoms with van der Waals surface area (Å²) in [4.78, 5) is 6.90. The molecule has 2 aromatic heterocycles. The zero-order valence-corrected chi connectivity index (χ0v) is 18.6. The third-order valence-electron chi connectivity index (χ3n) is 5.57. The van der Waals surface area contributed by atoms with Crippen LogP contribution in [0, 0.1) is 13.8 Å². The number of aromatic nitrogens is 2. The van der Waals surface area contributed by atoms with Crippen molar-refractivity contribution in [1.82, 2.24) is 19.8 Å². The lowest BCUT2D eigenvalue weighted by Gasteiger charge is -2.31. The van der Waals surface area contributed by atoms with Crippen LogP contribution in [-0.4, -0.2) is 25.6 Å². The molecular formula is C23H25ClN4S. The van der Waals surface area contributed by atoms with Crippen LogP contribution in [0.1, 0.15) is 48.6 Å². The topological polar surface area (TPSA) is 33.1 Å². The quantitative estimate of drug-likeness (QED) is 0.558. The van der Waals surface area contributed by atoms with Crippen LogP contribution < -0.4 is 5.32 Å². The molecule has 3 aromatic rings. The molecule has 1 aliphatic rings. The Hall–Kier alpha value is -2.37. The SMILES string of the molecule is Cc1cc([C@@H]2[C@H](c3ccccn3)NC(=S)N2C(C)C)c(C)n1-c1ccccc1Cl. The monoisotopic (exact) mass is 424 g/mol. The predicted molar refractivity (Wildman–Crippen MR) is 123 cm³/mol. The molecule has 2 atom stereocenters. The Morgan fingerprint density at radius 1 is 1.10 bits per heavy atom. The molecule has 0 saturated carbocycles. The molecule has 0 unspecified atom stereocenters. The number of thiocarbonyl (C=S) groups is 1. The minimum Gasteiger partial charge on any atom is -0.352 e. The summed E-state index contributed by atoms with van der Waals surface area (Å²) in [6.07, 6.45) is 1.84. The Labute approximate surface area is 182 Å². The lowest BCUT2D eigenvalue weighted by atomic mass is 9.96. The first-order valence-electron chi connectivity index (χ1n) is 9.83. The first-order valence-corrected chi connectivity index (χ1v) is 10.6. The smallest absolute Gasteiger partial charge is 0.170 e. The molecule has 0 aliphatic carbocycles. The van der Waals surface area contributed by atoms with E-state index in [2.05, 4.69) is 65.7 Å². The lowest BCUT2D eigenvalue weighted by Crippen LogP contribution is -2.35. The van der Waals surface area contributed by atoms with Crippen molar-refractivity contribution in [1.29, 1.82) is 0 Å². The van der Waals surface area contributed by atoms with Crippen LogP contribution in [-0.2, 0) is 0 Å². The van der Waals surface area contributed by atoms with Crippen LogP contribution in [0.4, 0.5) is 0 Å². The summed E-state index contributed by atoms with van der Waals surface area (Å²) >= 11 is 12.3. The molecule has 0 bridgehead atoms. The maximum atomic E-state index is 6.52. The van der Waals surface area contributed by atoms with Crippen molar-refractivity contribution in [3.8, 4) is 5.69 Å². The van der Waals surface area contributed by atoms with Crippen molar-refractivity contribution in [2.75, 3.05) is 0 Å². The molecule has 29 heavy (non-hydrogen) atoms. The lowest BCUT2D eigenvalue weighted by molar-refractivity contribution is 0.269. The normalized spacial score (nSPS) is 19.1. The van der Waals surface area contributed by atoms with Crippen molar-refractivity contribution in [3.63, 3.8) is 0 Å². The van der Waals surface area contributed by atoms with Crippen LogP contribution in [0.15, 0.2) is 54.7 Å². The van der Waals surface area contributed by atoms with Gasteiger partial charge in [0.05, 0.1) is 28.5 Å². The van der Waals surface area contributed by atoms with E-state index in [0.717, 1.165) is 27.2 Å². The third kappa shape index (κ3) is 3.43. The fraction of sp³-hybridized carbons (Fsp3) is 0.304. The van der Waals surface area contributed by atoms with E-state index >= 15 is 0 Å². The van der Waals surface area contributed by atoms with Gasteiger partial charge in [0.2, 0.25) is 0 Å². The Kier molecular flexibility index (Phi) is 5.36. The number of pyridine rings is 1. The fourth-order valence-electron chi connectivity index (χ4n) is 4.34. The standard InChI is InChI=1S/C23H25ClN4S/c1-14(2)27-22(21(26-23(27)29)19-10-7-8-12-25-19)17-13-15(3)28(16(17)4)20-11-6-5-9-18(20)24/h5-14,21-22H,1-4H3,(H,26,29)/t21-,22+/m0/s1. The first-order chi connectivity index (χ1) is 13.9. The maximum absolute atomic E-state index is 6.52. The molecule has 4 rings (SSSR count). The molecule has 1 N–H and O–H groups in total. The van der Waals surface area contributed by atoms with Gasteiger partial charge < -0.3 is 14.8 Å². The van der Waals surface area contributed by atoms with Gasteiger partial charge in [0.1, 0.15) is 0 Å². The average Bonchev–Trinajstić information content (AvgIpc) is 3.19. The van der Waals surface area contributed by atoms with Crippen LogP contribution in [0.5, 0.6) is 0 Å². The Balaban J connectivity index is 1.88. The van der Waals surface area contributed by atoms with Crippen LogP contribution >= 0.6 is 23.8 Å². The Morgan fingerprint density at radius 2 is 1.83 bits per heavy atom. The number of hydrogen-bond donors (Lipinski definition) is 1. The average molecular weight is 425 g/mol. The zero-order valence-electron chi connectivity index (χ0n) is 17.1. The number of benzene rings is 1. The highest BCUT2D eigenvalue weighted by atomic mass is 35.5. The molecule has 1 fully saturated rings. The van der Waals surface area contributed by atoms with Crippen LogP contribution in [0.3, 0.4) is 0 Å². The van der Waals surface area contributed by atoms with Gasteiger partial charge in [-0.15, -0.1) is 0 Å². The molecule has 0 spiro atoms. The molecule has 3 heterocycles. The van der Waals surface area contributed by atoms with Gasteiger partial charge in [0, 0.05) is 23.6 Å². The summed E-state index contributed by atoms with van der Waals surface area (Å²) in [6.45, 7) is 8.63. The largest absolute Gasteiger partial charge is 0.352 e. The second-order valence-electron chi connectivity index (χ2n) is 7.74. The van der Waals surface area contributed by atoms with Gasteiger partial charge >= 0.3 is 0 Å². The van der Waals surface area contributed by atoms with Gasteiger partial charge in [-0.3, -0.25) is 4.98 Å². The summed E-state index contributed by atoms with van der Waals surface area (Å²) in [5.74, 6) is 0. The second kappa shape index (κ2) is 7.81. The number of hydrogen-bond acceptors (Lipinski definition) is 2. The highest BCUT2D eigenvalue weighted by Crippen LogP contribution is 2.42. The maximum Gasteiger partial charge on any atom is 0.170 e. The van der Waals surface area contributed by atoms with Gasteiger partial charge in [-0.25, -0.2) is 0 Å². The number of nitrogens with zero attached hydrogens (tertiary/aromatic N) is 3. The van der Waals surface area contributed by atoms with Gasteiger partial charge in [-0.1, -0.05) is 29.8 Å². The van der Waals surface area contributed by atoms with Gasteiger partial charge in [0.15, 0.2) is 5.11 Å². The molecule has 6 heteroatoms. The highest BCUT2D eigenvalue weighted by Gasteiger charge is 2.42. The van der Waals surface area contributed by atoms with E-state index in [4.69, 9.17) is 23.8 Å². The minimum atomic E-state index is -0.00806. The highest BCUT2D eigenvalue weighted by molar-refractivity contribution is 7.80. The summed E-state index contributed by atoms with van der Waals surface area (Å²) in [5, 5.41) is 5.02. The van der Waals surface area contributed by atoms with E-state index in [-0.39, 0.29) is 18.1 Å². The number of rotatable bonds is 4. The van der Waals surface area contributed by atoms with Crippen molar-refractivity contribution in [2.24, 2.45) is 0 Å².